The van der Waals surface area contributed by atoms with Crippen LogP contribution in [0.25, 0.3) is 5.69 Å². The fourth-order valence-electron chi connectivity index (χ4n) is 2.88. The molecular weight excluding hydrogens is 314 g/mol. The van der Waals surface area contributed by atoms with Gasteiger partial charge in [0.1, 0.15) is 6.04 Å². The lowest BCUT2D eigenvalue weighted by Gasteiger charge is -2.24. The summed E-state index contributed by atoms with van der Waals surface area (Å²) in [6.07, 6.45) is 3.71. The minimum absolute atomic E-state index is 0.498. The molecule has 2 aromatic carbocycles. The maximum atomic E-state index is 11.8. The number of nitrogens with zero attached hydrogens (tertiary/aromatic N) is 3. The van der Waals surface area contributed by atoms with Gasteiger partial charge in [0.15, 0.2) is 0 Å². The van der Waals surface area contributed by atoms with E-state index in [9.17, 15) is 9.90 Å². The Morgan fingerprint density at radius 1 is 1.16 bits per heavy atom. The second-order valence-corrected chi connectivity index (χ2v) is 6.20. The zero-order chi connectivity index (χ0) is 17.8. The van der Waals surface area contributed by atoms with Gasteiger partial charge >= 0.3 is 5.97 Å². The molecule has 1 atom stereocenters. The summed E-state index contributed by atoms with van der Waals surface area (Å²) in [4.78, 5) is 13.6. The normalized spacial score (nSPS) is 12.3. The van der Waals surface area contributed by atoms with Crippen LogP contribution in [0, 0.1) is 6.92 Å². The lowest BCUT2D eigenvalue weighted by Crippen LogP contribution is -2.30. The molecule has 1 N–H and O–H groups in total. The van der Waals surface area contributed by atoms with Crippen molar-refractivity contribution in [3.05, 3.63) is 83.7 Å². The number of hydrogen-bond donors (Lipinski definition) is 1. The van der Waals surface area contributed by atoms with Gasteiger partial charge in [-0.25, -0.2) is 4.68 Å². The number of aryl methyl sites for hydroxylation is 1. The van der Waals surface area contributed by atoms with Crippen LogP contribution in [-0.4, -0.2) is 32.8 Å². The summed E-state index contributed by atoms with van der Waals surface area (Å²) in [5, 5.41) is 14.0. The smallest absolute Gasteiger partial charge is 0.325 e. The van der Waals surface area contributed by atoms with Crippen LogP contribution in [0.3, 0.4) is 0 Å². The van der Waals surface area contributed by atoms with E-state index in [1.807, 2.05) is 79.7 Å². The molecule has 0 aliphatic heterocycles. The fraction of sp³-hybridized carbons (Fsp3) is 0.200. The number of carboxylic acids is 1. The van der Waals surface area contributed by atoms with Gasteiger partial charge in [-0.15, -0.1) is 0 Å². The van der Waals surface area contributed by atoms with Gasteiger partial charge in [0.25, 0.3) is 0 Å². The third-order valence-electron chi connectivity index (χ3n) is 4.16. The van der Waals surface area contributed by atoms with Crippen molar-refractivity contribution < 1.29 is 9.90 Å². The lowest BCUT2D eigenvalue weighted by atomic mass is 10.0. The first kappa shape index (κ1) is 16.9. The highest BCUT2D eigenvalue weighted by molar-refractivity contribution is 5.75. The standard InChI is InChI=1S/C20H21N3O2/c1-15-8-10-17(11-9-15)19(20(24)25)22(2)13-16-12-21-23(14-16)18-6-4-3-5-7-18/h3-12,14,19H,13H2,1-2H3,(H,24,25)/t19-/m1/s1. The van der Waals surface area contributed by atoms with Gasteiger partial charge in [0.2, 0.25) is 0 Å². The molecule has 0 aliphatic rings. The third-order valence-corrected chi connectivity index (χ3v) is 4.16. The van der Waals surface area contributed by atoms with Crippen molar-refractivity contribution in [2.75, 3.05) is 7.05 Å². The van der Waals surface area contributed by atoms with Crippen LogP contribution >= 0.6 is 0 Å². The SMILES string of the molecule is Cc1ccc([C@H](C(=O)O)N(C)Cc2cnn(-c3ccccc3)c2)cc1. The first-order valence-electron chi connectivity index (χ1n) is 8.13. The van der Waals surface area contributed by atoms with Gasteiger partial charge in [-0.05, 0) is 31.7 Å². The van der Waals surface area contributed by atoms with E-state index in [1.54, 1.807) is 10.9 Å². The summed E-state index contributed by atoms with van der Waals surface area (Å²) < 4.78 is 1.80. The Morgan fingerprint density at radius 3 is 2.48 bits per heavy atom. The number of aromatic nitrogens is 2. The first-order valence-corrected chi connectivity index (χ1v) is 8.13. The molecule has 1 aromatic heterocycles. The van der Waals surface area contributed by atoms with Crippen LogP contribution in [0.5, 0.6) is 0 Å². The number of hydrogen-bond acceptors (Lipinski definition) is 3. The molecule has 0 radical (unpaired) electrons. The minimum Gasteiger partial charge on any atom is -0.480 e. The molecule has 128 valence electrons. The van der Waals surface area contributed by atoms with Gasteiger partial charge < -0.3 is 5.11 Å². The maximum absolute atomic E-state index is 11.8. The number of rotatable bonds is 6. The molecule has 0 aliphatic carbocycles. The van der Waals surface area contributed by atoms with Gasteiger partial charge in [-0.1, -0.05) is 48.0 Å². The van der Waals surface area contributed by atoms with E-state index >= 15 is 0 Å². The van der Waals surface area contributed by atoms with Crippen molar-refractivity contribution in [3.8, 4) is 5.69 Å². The summed E-state index contributed by atoms with van der Waals surface area (Å²) >= 11 is 0. The zero-order valence-corrected chi connectivity index (χ0v) is 14.3. The van der Waals surface area contributed by atoms with E-state index in [0.717, 1.165) is 22.4 Å². The quantitative estimate of drug-likeness (QED) is 0.750. The Bertz CT molecular complexity index is 841. The topological polar surface area (TPSA) is 58.4 Å². The Morgan fingerprint density at radius 2 is 1.84 bits per heavy atom. The summed E-state index contributed by atoms with van der Waals surface area (Å²) in [7, 11) is 1.82. The molecule has 0 unspecified atom stereocenters. The van der Waals surface area contributed by atoms with Crippen molar-refractivity contribution in [1.82, 2.24) is 14.7 Å². The van der Waals surface area contributed by atoms with Gasteiger partial charge in [0, 0.05) is 18.3 Å². The second kappa shape index (κ2) is 7.32. The number of carboxylic acid groups (broad SMARTS) is 1. The van der Waals surface area contributed by atoms with Crippen molar-refractivity contribution in [1.29, 1.82) is 0 Å². The van der Waals surface area contributed by atoms with Crippen molar-refractivity contribution in [2.45, 2.75) is 19.5 Å². The average Bonchev–Trinajstić information content (AvgIpc) is 3.06. The summed E-state index contributed by atoms with van der Waals surface area (Å²) in [5.74, 6) is -0.859. The fourth-order valence-corrected chi connectivity index (χ4v) is 2.88. The molecule has 25 heavy (non-hydrogen) atoms. The highest BCUT2D eigenvalue weighted by atomic mass is 16.4. The summed E-state index contributed by atoms with van der Waals surface area (Å²) in [5.41, 5.74) is 3.82. The molecule has 0 amide bonds. The van der Waals surface area contributed by atoms with Gasteiger partial charge in [-0.2, -0.15) is 5.10 Å². The molecule has 0 spiro atoms. The van der Waals surface area contributed by atoms with E-state index in [4.69, 9.17) is 0 Å². The highest BCUT2D eigenvalue weighted by Crippen LogP contribution is 2.22. The number of para-hydroxylation sites is 1. The van der Waals surface area contributed by atoms with E-state index < -0.39 is 12.0 Å². The third kappa shape index (κ3) is 3.95. The molecular formula is C20H21N3O2. The van der Waals surface area contributed by atoms with Crippen LogP contribution in [0.4, 0.5) is 0 Å². The Kier molecular flexibility index (Phi) is 4.95. The number of carbonyl (C=O) groups is 1. The Labute approximate surface area is 147 Å². The summed E-state index contributed by atoms with van der Waals surface area (Å²) in [6.45, 7) is 2.49. The second-order valence-electron chi connectivity index (χ2n) is 6.20. The molecule has 3 aromatic rings. The lowest BCUT2D eigenvalue weighted by molar-refractivity contribution is -0.143. The maximum Gasteiger partial charge on any atom is 0.325 e. The molecule has 0 saturated carbocycles. The zero-order valence-electron chi connectivity index (χ0n) is 14.3. The van der Waals surface area contributed by atoms with Crippen LogP contribution < -0.4 is 0 Å². The van der Waals surface area contributed by atoms with Crippen LogP contribution in [0.15, 0.2) is 67.0 Å². The van der Waals surface area contributed by atoms with Crippen LogP contribution in [0.2, 0.25) is 0 Å². The highest BCUT2D eigenvalue weighted by Gasteiger charge is 2.25. The van der Waals surface area contributed by atoms with Crippen molar-refractivity contribution in [2.24, 2.45) is 0 Å². The molecule has 5 nitrogen and oxygen atoms in total. The predicted molar refractivity (Wildman–Crippen MR) is 96.6 cm³/mol. The van der Waals surface area contributed by atoms with E-state index in [2.05, 4.69) is 5.10 Å². The van der Waals surface area contributed by atoms with Crippen LogP contribution in [-0.2, 0) is 11.3 Å². The Hall–Kier alpha value is -2.92. The van der Waals surface area contributed by atoms with E-state index in [1.165, 1.54) is 0 Å². The largest absolute Gasteiger partial charge is 0.480 e. The molecule has 5 heteroatoms. The van der Waals surface area contributed by atoms with E-state index in [0.29, 0.717) is 6.54 Å². The van der Waals surface area contributed by atoms with Crippen molar-refractivity contribution >= 4 is 5.97 Å². The van der Waals surface area contributed by atoms with Crippen LogP contribution in [0.1, 0.15) is 22.7 Å². The predicted octanol–water partition coefficient (Wildman–Crippen LogP) is 3.44. The molecule has 0 fully saturated rings. The van der Waals surface area contributed by atoms with Crippen molar-refractivity contribution in [3.63, 3.8) is 0 Å². The molecule has 0 bridgehead atoms. The minimum atomic E-state index is -0.859. The molecule has 0 saturated heterocycles. The number of aliphatic carboxylic acids is 1. The molecule has 3 rings (SSSR count). The summed E-state index contributed by atoms with van der Waals surface area (Å²) in [6, 6.07) is 16.8. The van der Waals surface area contributed by atoms with E-state index in [-0.39, 0.29) is 0 Å². The first-order chi connectivity index (χ1) is 12.0. The number of benzene rings is 2. The van der Waals surface area contributed by atoms with Gasteiger partial charge in [-0.3, -0.25) is 9.69 Å². The number of likely N-dealkylation sites (N-methyl/N-ethyl adjacent to an activating group) is 1. The average molecular weight is 335 g/mol. The molecule has 1 heterocycles. The Balaban J connectivity index is 1.78. The van der Waals surface area contributed by atoms with Gasteiger partial charge in [0.05, 0.1) is 11.9 Å². The monoisotopic (exact) mass is 335 g/mol.